The third kappa shape index (κ3) is 2.47. The maximum atomic E-state index is 4.90. The number of rotatable bonds is 1. The quantitative estimate of drug-likeness (QED) is 0.301. The van der Waals surface area contributed by atoms with Gasteiger partial charge in [-0.3, -0.25) is 0 Å². The van der Waals surface area contributed by atoms with Gasteiger partial charge in [0.1, 0.15) is 0 Å². The summed E-state index contributed by atoms with van der Waals surface area (Å²) < 4.78 is 0. The van der Waals surface area contributed by atoms with Crippen LogP contribution in [-0.4, -0.2) is 17.0 Å². The van der Waals surface area contributed by atoms with Crippen LogP contribution in [0.1, 0.15) is 5.56 Å². The van der Waals surface area contributed by atoms with Crippen LogP contribution in [-0.2, 0) is 0 Å². The number of aromatic nitrogens is 2. The van der Waals surface area contributed by atoms with Crippen molar-refractivity contribution in [3.8, 4) is 0 Å². The number of hydrogen-bond acceptors (Lipinski definition) is 4. The van der Waals surface area contributed by atoms with E-state index in [1.807, 2.05) is 24.3 Å². The summed E-state index contributed by atoms with van der Waals surface area (Å²) in [6, 6.07) is 29.5. The number of anilines is 5. The van der Waals surface area contributed by atoms with E-state index in [4.69, 9.17) is 9.97 Å². The van der Waals surface area contributed by atoms with Crippen molar-refractivity contribution in [2.75, 3.05) is 16.8 Å². The molecule has 4 nitrogen and oxygen atoms in total. The highest BCUT2D eigenvalue weighted by Gasteiger charge is 2.28. The maximum Gasteiger partial charge on any atom is 0.0917 e. The van der Waals surface area contributed by atoms with E-state index in [0.29, 0.717) is 0 Å². The van der Waals surface area contributed by atoms with Crippen molar-refractivity contribution in [1.29, 1.82) is 0 Å². The van der Waals surface area contributed by atoms with E-state index in [0.717, 1.165) is 44.8 Å². The van der Waals surface area contributed by atoms with Gasteiger partial charge < -0.3 is 9.80 Å². The molecule has 4 heteroatoms. The second-order valence-corrected chi connectivity index (χ2v) is 7.76. The van der Waals surface area contributed by atoms with Crippen LogP contribution in [0, 0.1) is 6.92 Å². The van der Waals surface area contributed by atoms with Gasteiger partial charge in [-0.2, -0.15) is 0 Å². The van der Waals surface area contributed by atoms with Crippen LogP contribution >= 0.6 is 0 Å². The molecule has 0 saturated heterocycles. The van der Waals surface area contributed by atoms with Gasteiger partial charge in [0.05, 0.1) is 44.8 Å². The van der Waals surface area contributed by atoms with E-state index >= 15 is 0 Å². The zero-order chi connectivity index (χ0) is 20.2. The molecule has 2 heterocycles. The Morgan fingerprint density at radius 3 is 1.80 bits per heavy atom. The lowest BCUT2D eigenvalue weighted by molar-refractivity contribution is 1.13. The fraction of sp³-hybridized carbons (Fsp3) is 0.0769. The minimum atomic E-state index is 0.900. The Labute approximate surface area is 175 Å². The van der Waals surface area contributed by atoms with Gasteiger partial charge in [-0.1, -0.05) is 42.0 Å². The van der Waals surface area contributed by atoms with Gasteiger partial charge in [-0.15, -0.1) is 0 Å². The summed E-state index contributed by atoms with van der Waals surface area (Å²) in [6.45, 7) is 2.11. The van der Waals surface area contributed by atoms with E-state index in [-0.39, 0.29) is 0 Å². The second kappa shape index (κ2) is 6.29. The Balaban J connectivity index is 1.66. The molecule has 144 valence electrons. The molecule has 0 saturated carbocycles. The van der Waals surface area contributed by atoms with Gasteiger partial charge in [-0.05, 0) is 55.5 Å². The molecule has 0 fully saturated rings. The van der Waals surface area contributed by atoms with E-state index in [2.05, 4.69) is 84.4 Å². The smallest absolute Gasteiger partial charge is 0.0917 e. The van der Waals surface area contributed by atoms with Crippen molar-refractivity contribution >= 4 is 50.5 Å². The van der Waals surface area contributed by atoms with Gasteiger partial charge in [-0.25, -0.2) is 9.97 Å². The summed E-state index contributed by atoms with van der Waals surface area (Å²) in [5.74, 6) is 0. The largest absolute Gasteiger partial charge is 0.341 e. The molecule has 30 heavy (non-hydrogen) atoms. The zero-order valence-corrected chi connectivity index (χ0v) is 16.9. The molecule has 0 spiro atoms. The number of aryl methyl sites for hydroxylation is 1. The van der Waals surface area contributed by atoms with Crippen LogP contribution in [0.5, 0.6) is 0 Å². The number of nitrogens with zero attached hydrogens (tertiary/aromatic N) is 4. The first-order valence-corrected chi connectivity index (χ1v) is 10.1. The fourth-order valence-corrected chi connectivity index (χ4v) is 4.26. The normalized spacial score (nSPS) is 12.9. The van der Waals surface area contributed by atoms with Crippen LogP contribution in [0.15, 0.2) is 84.9 Å². The lowest BCUT2D eigenvalue weighted by Crippen LogP contribution is -2.24. The molecule has 0 amide bonds. The molecular weight excluding hydrogens is 368 g/mol. The Kier molecular flexibility index (Phi) is 3.56. The van der Waals surface area contributed by atoms with E-state index in [1.165, 1.54) is 11.3 Å². The standard InChI is InChI=1S/C26H20N4/c1-17-11-13-18(14-12-17)30-24-10-6-5-9-23(24)29(2)25-15-21-22(16-26(25)30)28-20-8-4-3-7-19(20)27-21/h3-16H,1-2H3. The lowest BCUT2D eigenvalue weighted by Gasteiger charge is -2.38. The number of fused-ring (bicyclic) bond motifs is 4. The molecular formula is C26H20N4. The molecule has 0 bridgehead atoms. The van der Waals surface area contributed by atoms with E-state index in [9.17, 15) is 0 Å². The van der Waals surface area contributed by atoms with E-state index in [1.54, 1.807) is 0 Å². The van der Waals surface area contributed by atoms with E-state index < -0.39 is 0 Å². The fourth-order valence-electron chi connectivity index (χ4n) is 4.26. The third-order valence-electron chi connectivity index (χ3n) is 5.81. The zero-order valence-electron chi connectivity index (χ0n) is 16.9. The van der Waals surface area contributed by atoms with Crippen molar-refractivity contribution in [2.24, 2.45) is 0 Å². The van der Waals surface area contributed by atoms with Gasteiger partial charge >= 0.3 is 0 Å². The first kappa shape index (κ1) is 17.0. The van der Waals surface area contributed by atoms with Crippen LogP contribution in [0.25, 0.3) is 22.1 Å². The van der Waals surface area contributed by atoms with Crippen LogP contribution in [0.4, 0.5) is 28.4 Å². The molecule has 5 aromatic rings. The van der Waals surface area contributed by atoms with Crippen LogP contribution < -0.4 is 9.80 Å². The molecule has 1 aliphatic heterocycles. The van der Waals surface area contributed by atoms with Crippen molar-refractivity contribution in [1.82, 2.24) is 9.97 Å². The Bertz CT molecular complexity index is 1420. The van der Waals surface area contributed by atoms with Gasteiger partial charge in [0.15, 0.2) is 0 Å². The van der Waals surface area contributed by atoms with Gasteiger partial charge in [0.2, 0.25) is 0 Å². The topological polar surface area (TPSA) is 32.3 Å². The summed E-state index contributed by atoms with van der Waals surface area (Å²) in [5.41, 5.74) is 10.6. The summed E-state index contributed by atoms with van der Waals surface area (Å²) >= 11 is 0. The maximum absolute atomic E-state index is 4.90. The Morgan fingerprint density at radius 1 is 0.567 bits per heavy atom. The monoisotopic (exact) mass is 388 g/mol. The predicted molar refractivity (Wildman–Crippen MR) is 125 cm³/mol. The first-order chi connectivity index (χ1) is 14.7. The lowest BCUT2D eigenvalue weighted by atomic mass is 10.0. The second-order valence-electron chi connectivity index (χ2n) is 7.76. The third-order valence-corrected chi connectivity index (χ3v) is 5.81. The van der Waals surface area contributed by atoms with Gasteiger partial charge in [0.25, 0.3) is 0 Å². The van der Waals surface area contributed by atoms with Crippen LogP contribution in [0.2, 0.25) is 0 Å². The highest BCUT2D eigenvalue weighted by molar-refractivity contribution is 6.02. The van der Waals surface area contributed by atoms with Crippen LogP contribution in [0.3, 0.4) is 0 Å². The molecule has 0 N–H and O–H groups in total. The SMILES string of the molecule is Cc1ccc(N2c3ccccc3N(C)c3cc4nc5ccccc5nc4cc32)cc1. The average molecular weight is 388 g/mol. The molecule has 0 radical (unpaired) electrons. The molecule has 0 atom stereocenters. The first-order valence-electron chi connectivity index (χ1n) is 10.1. The summed E-state index contributed by atoms with van der Waals surface area (Å²) in [7, 11) is 2.12. The molecule has 4 aromatic carbocycles. The number of benzene rings is 4. The highest BCUT2D eigenvalue weighted by atomic mass is 15.3. The van der Waals surface area contributed by atoms with Crippen molar-refractivity contribution in [2.45, 2.75) is 6.92 Å². The van der Waals surface area contributed by atoms with Crippen molar-refractivity contribution in [3.05, 3.63) is 90.5 Å². The molecule has 6 rings (SSSR count). The minimum Gasteiger partial charge on any atom is -0.341 e. The molecule has 0 unspecified atom stereocenters. The summed E-state index contributed by atoms with van der Waals surface area (Å²) in [4.78, 5) is 14.3. The molecule has 1 aromatic heterocycles. The predicted octanol–water partition coefficient (Wildman–Crippen LogP) is 6.64. The van der Waals surface area contributed by atoms with Crippen molar-refractivity contribution < 1.29 is 0 Å². The number of hydrogen-bond donors (Lipinski definition) is 0. The molecule has 1 aliphatic rings. The highest BCUT2D eigenvalue weighted by Crippen LogP contribution is 2.51. The number of para-hydroxylation sites is 4. The average Bonchev–Trinajstić information content (AvgIpc) is 2.78. The summed E-state index contributed by atoms with van der Waals surface area (Å²) in [6.07, 6.45) is 0. The van der Waals surface area contributed by atoms with Gasteiger partial charge in [0, 0.05) is 12.7 Å². The van der Waals surface area contributed by atoms with Crippen molar-refractivity contribution in [3.63, 3.8) is 0 Å². The Hall–Kier alpha value is -3.92. The minimum absolute atomic E-state index is 0.900. The summed E-state index contributed by atoms with van der Waals surface area (Å²) in [5, 5.41) is 0. The molecule has 0 aliphatic carbocycles. The Morgan fingerprint density at radius 2 is 1.13 bits per heavy atom.